The van der Waals surface area contributed by atoms with Crippen LogP contribution in [0.4, 0.5) is 0 Å². The molecular formula is C24H25N3O10. The minimum Gasteiger partial charge on any atom is -0.509 e. The van der Waals surface area contributed by atoms with E-state index in [4.69, 9.17) is 10.6 Å². The number of hydrogen-bond acceptors (Lipinski definition) is 11. The van der Waals surface area contributed by atoms with E-state index in [-0.39, 0.29) is 49.1 Å². The summed E-state index contributed by atoms with van der Waals surface area (Å²) in [5, 5.41) is 45.5. The van der Waals surface area contributed by atoms with E-state index in [1.54, 1.807) is 13.1 Å². The molecule has 3 aliphatic rings. The maximum Gasteiger partial charge on any atom is 0.255 e. The first-order valence-corrected chi connectivity index (χ1v) is 11.2. The highest BCUT2D eigenvalue weighted by atomic mass is 16.7. The Morgan fingerprint density at radius 3 is 2.43 bits per heavy atom. The lowest BCUT2D eigenvalue weighted by Crippen LogP contribution is -2.64. The number of hydroxylamine groups is 2. The van der Waals surface area contributed by atoms with Gasteiger partial charge in [0.1, 0.15) is 28.9 Å². The number of aromatic hydroxyl groups is 1. The molecular weight excluding hydrogens is 490 g/mol. The van der Waals surface area contributed by atoms with Crippen molar-refractivity contribution in [2.24, 2.45) is 17.6 Å². The van der Waals surface area contributed by atoms with Gasteiger partial charge in [-0.15, -0.1) is 0 Å². The van der Waals surface area contributed by atoms with Gasteiger partial charge in [0.15, 0.2) is 11.4 Å². The van der Waals surface area contributed by atoms with Crippen molar-refractivity contribution in [3.8, 4) is 5.75 Å². The van der Waals surface area contributed by atoms with Gasteiger partial charge in [0.05, 0.1) is 12.7 Å². The number of rotatable bonds is 7. The summed E-state index contributed by atoms with van der Waals surface area (Å²) in [6.45, 7) is 0.230. The van der Waals surface area contributed by atoms with Crippen molar-refractivity contribution < 1.29 is 49.2 Å². The Bertz CT molecular complexity index is 1290. The number of imide groups is 1. The highest BCUT2D eigenvalue weighted by molar-refractivity contribution is 6.25. The number of aliphatic hydroxyl groups is 3. The van der Waals surface area contributed by atoms with Crippen molar-refractivity contribution in [3.63, 3.8) is 0 Å². The summed E-state index contributed by atoms with van der Waals surface area (Å²) in [6.07, 6.45) is -0.153. The summed E-state index contributed by atoms with van der Waals surface area (Å²) >= 11 is 0. The largest absolute Gasteiger partial charge is 0.509 e. The number of Topliss-reactive ketones (excluding diaryl/α,β-unsaturated/α-hetero) is 2. The predicted octanol–water partition coefficient (Wildman–Crippen LogP) is -0.833. The van der Waals surface area contributed by atoms with Crippen molar-refractivity contribution in [3.05, 3.63) is 51.5 Å². The van der Waals surface area contributed by atoms with Crippen LogP contribution >= 0.6 is 0 Å². The lowest BCUT2D eigenvalue weighted by atomic mass is 9.58. The zero-order valence-corrected chi connectivity index (χ0v) is 19.9. The van der Waals surface area contributed by atoms with E-state index in [2.05, 4.69) is 0 Å². The number of amides is 3. The third kappa shape index (κ3) is 3.62. The first kappa shape index (κ1) is 26.0. The van der Waals surface area contributed by atoms with Crippen LogP contribution in [-0.2, 0) is 37.0 Å². The standard InChI is InChI=1S/C24H25N3O10/c1-26(37-2)7-10-3-4-14(30)16-12(10)5-11-6-13-18(27(8-28)9-29)20(32)17(23(25)35)22(34)24(13,36)21(33)15(11)19(16)31/h3-4,8-9,11,13,18,30,32-33,36H,5-7H2,1-2H3,(H2,25,35)/t11-,13-,18-,24-/m0/s1. The number of carbonyl (C=O) groups is 5. The van der Waals surface area contributed by atoms with E-state index in [9.17, 15) is 44.4 Å². The minimum atomic E-state index is -2.96. The Morgan fingerprint density at radius 1 is 1.22 bits per heavy atom. The highest BCUT2D eigenvalue weighted by Crippen LogP contribution is 2.52. The van der Waals surface area contributed by atoms with Crippen molar-refractivity contribution in [1.82, 2.24) is 9.96 Å². The van der Waals surface area contributed by atoms with Crippen LogP contribution in [0.15, 0.2) is 34.8 Å². The number of aliphatic hydroxyl groups excluding tert-OH is 2. The van der Waals surface area contributed by atoms with E-state index in [0.717, 1.165) is 0 Å². The number of phenolic OH excluding ortho intramolecular Hbond substituents is 1. The third-order valence-electron chi connectivity index (χ3n) is 7.42. The SMILES string of the molecule is CON(C)Cc1ccc(O)c2c1C[C@H]1C[C@H]3[C@H](N(C=O)C=O)C(O)=C(C(N)=O)C(=O)[C@@]3(O)C(O)=C1C2=O. The molecule has 3 amide bonds. The van der Waals surface area contributed by atoms with Gasteiger partial charge in [-0.05, 0) is 36.0 Å². The molecule has 4 rings (SSSR count). The Balaban J connectivity index is 1.95. The molecule has 0 bridgehead atoms. The van der Waals surface area contributed by atoms with Gasteiger partial charge in [0, 0.05) is 25.1 Å². The molecule has 13 nitrogen and oxygen atoms in total. The number of ketones is 2. The van der Waals surface area contributed by atoms with Crippen LogP contribution in [0.3, 0.4) is 0 Å². The molecule has 0 saturated heterocycles. The monoisotopic (exact) mass is 515 g/mol. The molecule has 0 saturated carbocycles. The topological polar surface area (TPSA) is 208 Å². The number of fused-ring (bicyclic) bond motifs is 3. The van der Waals surface area contributed by atoms with Gasteiger partial charge in [-0.2, -0.15) is 5.06 Å². The molecule has 3 aliphatic carbocycles. The van der Waals surface area contributed by atoms with Crippen molar-refractivity contribution in [1.29, 1.82) is 0 Å². The van der Waals surface area contributed by atoms with Gasteiger partial charge in [0.2, 0.25) is 18.6 Å². The fourth-order valence-corrected chi connectivity index (χ4v) is 5.67. The molecule has 6 N–H and O–H groups in total. The number of primary amides is 1. The molecule has 0 unspecified atom stereocenters. The Labute approximate surface area is 210 Å². The molecule has 0 radical (unpaired) electrons. The summed E-state index contributed by atoms with van der Waals surface area (Å²) in [6, 6.07) is 1.17. The number of nitrogens with two attached hydrogens (primary N) is 1. The molecule has 13 heteroatoms. The van der Waals surface area contributed by atoms with Crippen molar-refractivity contribution in [2.75, 3.05) is 14.2 Å². The van der Waals surface area contributed by atoms with E-state index < -0.39 is 58.0 Å². The Morgan fingerprint density at radius 2 is 1.86 bits per heavy atom. The normalized spacial score (nSPS) is 27.0. The fraction of sp³-hybridized carbons (Fsp3) is 0.375. The van der Waals surface area contributed by atoms with Crippen LogP contribution in [0.25, 0.3) is 0 Å². The summed E-state index contributed by atoms with van der Waals surface area (Å²) < 4.78 is 0. The minimum absolute atomic E-state index is 0.0248. The van der Waals surface area contributed by atoms with E-state index in [1.807, 2.05) is 0 Å². The maximum absolute atomic E-state index is 13.6. The summed E-state index contributed by atoms with van der Waals surface area (Å²) in [5.41, 5.74) is 1.74. The van der Waals surface area contributed by atoms with Gasteiger partial charge in [-0.25, -0.2) is 0 Å². The number of nitrogens with zero attached hydrogens (tertiary/aromatic N) is 2. The zero-order valence-electron chi connectivity index (χ0n) is 19.9. The molecule has 0 spiro atoms. The predicted molar refractivity (Wildman–Crippen MR) is 122 cm³/mol. The number of carbonyl (C=O) groups excluding carboxylic acids is 5. The summed E-state index contributed by atoms with van der Waals surface area (Å²) in [5.74, 6) is -8.65. The number of benzene rings is 1. The lowest BCUT2D eigenvalue weighted by Gasteiger charge is -2.49. The van der Waals surface area contributed by atoms with Crippen LogP contribution in [-0.4, -0.2) is 86.5 Å². The summed E-state index contributed by atoms with van der Waals surface area (Å²) in [4.78, 5) is 67.7. The van der Waals surface area contributed by atoms with Crippen LogP contribution in [0.5, 0.6) is 5.75 Å². The first-order valence-electron chi connectivity index (χ1n) is 11.2. The molecule has 0 aliphatic heterocycles. The van der Waals surface area contributed by atoms with Gasteiger partial charge in [0.25, 0.3) is 5.91 Å². The Hall–Kier alpha value is -4.07. The van der Waals surface area contributed by atoms with E-state index >= 15 is 0 Å². The molecule has 4 atom stereocenters. The van der Waals surface area contributed by atoms with Crippen LogP contribution in [0.2, 0.25) is 0 Å². The second-order valence-electron chi connectivity index (χ2n) is 9.22. The van der Waals surface area contributed by atoms with E-state index in [0.29, 0.717) is 16.0 Å². The zero-order chi connectivity index (χ0) is 27.4. The third-order valence-corrected chi connectivity index (χ3v) is 7.42. The summed E-state index contributed by atoms with van der Waals surface area (Å²) in [7, 11) is 3.10. The molecule has 1 aromatic rings. The molecule has 0 aromatic heterocycles. The van der Waals surface area contributed by atoms with Crippen molar-refractivity contribution >= 4 is 30.3 Å². The maximum atomic E-state index is 13.6. The molecule has 0 fully saturated rings. The second kappa shape index (κ2) is 9.10. The lowest BCUT2D eigenvalue weighted by molar-refractivity contribution is -0.154. The molecule has 196 valence electrons. The fourth-order valence-electron chi connectivity index (χ4n) is 5.67. The number of hydrogen-bond donors (Lipinski definition) is 5. The molecule has 1 aromatic carbocycles. The highest BCUT2D eigenvalue weighted by Gasteiger charge is 2.64. The average molecular weight is 515 g/mol. The van der Waals surface area contributed by atoms with Crippen molar-refractivity contribution in [2.45, 2.75) is 31.0 Å². The van der Waals surface area contributed by atoms with Crippen LogP contribution in [0, 0.1) is 11.8 Å². The quantitative estimate of drug-likeness (QED) is 0.172. The van der Waals surface area contributed by atoms with Gasteiger partial charge in [-0.3, -0.25) is 28.9 Å². The average Bonchev–Trinajstić information content (AvgIpc) is 2.85. The molecule has 37 heavy (non-hydrogen) atoms. The second-order valence-corrected chi connectivity index (χ2v) is 9.22. The van der Waals surface area contributed by atoms with E-state index in [1.165, 1.54) is 18.2 Å². The van der Waals surface area contributed by atoms with Crippen LogP contribution < -0.4 is 5.73 Å². The molecule has 0 heterocycles. The number of allylic oxidation sites excluding steroid dienone is 1. The number of phenols is 1. The van der Waals surface area contributed by atoms with Gasteiger partial charge in [-0.1, -0.05) is 6.07 Å². The first-order chi connectivity index (χ1) is 17.4. The van der Waals surface area contributed by atoms with Crippen LogP contribution in [0.1, 0.15) is 27.9 Å². The Kier molecular flexibility index (Phi) is 6.40. The smallest absolute Gasteiger partial charge is 0.255 e. The van der Waals surface area contributed by atoms with Gasteiger partial charge >= 0.3 is 0 Å². The van der Waals surface area contributed by atoms with Gasteiger partial charge < -0.3 is 31.0 Å².